The first-order valence-corrected chi connectivity index (χ1v) is 12.6. The first-order valence-electron chi connectivity index (χ1n) is 10.1. The summed E-state index contributed by atoms with van der Waals surface area (Å²) in [6, 6.07) is 12.0. The molecule has 30 heavy (non-hydrogen) atoms. The van der Waals surface area contributed by atoms with Crippen molar-refractivity contribution in [2.24, 2.45) is 0 Å². The molecule has 0 amide bonds. The van der Waals surface area contributed by atoms with Crippen molar-refractivity contribution in [3.63, 3.8) is 0 Å². The molecule has 8 heteroatoms. The molecule has 0 saturated carbocycles. The maximum Gasteiger partial charge on any atom is 0.0923 e. The van der Waals surface area contributed by atoms with Crippen molar-refractivity contribution in [2.75, 3.05) is 13.1 Å². The van der Waals surface area contributed by atoms with E-state index < -0.39 is 0 Å². The fourth-order valence-corrected chi connectivity index (χ4v) is 6.13. The highest BCUT2D eigenvalue weighted by Crippen LogP contribution is 2.45. The van der Waals surface area contributed by atoms with Gasteiger partial charge in [-0.1, -0.05) is 51.6 Å². The molecule has 0 spiro atoms. The molecule has 0 bridgehead atoms. The standard InChI is InChI=1S/C22H21BrCl2N4S/c23-15-4-6-17-14(10-15)13-30-22-19(12-26-28-8-2-1-3-9-28)27-29(21(17)22)20-7-5-16(24)11-18(20)25/h4-7,10-11,26H,1-3,8-9,12-13H2. The van der Waals surface area contributed by atoms with Crippen molar-refractivity contribution in [2.45, 2.75) is 36.5 Å². The Morgan fingerprint density at radius 1 is 1.07 bits per heavy atom. The number of hydrogen-bond acceptors (Lipinski definition) is 4. The molecule has 5 rings (SSSR count). The Bertz CT molecular complexity index is 1090. The summed E-state index contributed by atoms with van der Waals surface area (Å²) in [5.74, 6) is 0.929. The van der Waals surface area contributed by atoms with E-state index in [1.54, 1.807) is 6.07 Å². The number of fused-ring (bicyclic) bond motifs is 3. The molecule has 1 N–H and O–H groups in total. The highest BCUT2D eigenvalue weighted by molar-refractivity contribution is 9.10. The molecular weight excluding hydrogens is 503 g/mol. The third-order valence-electron chi connectivity index (χ3n) is 5.57. The molecule has 0 radical (unpaired) electrons. The van der Waals surface area contributed by atoms with Crippen LogP contribution in [0, 0.1) is 0 Å². The molecule has 1 aromatic heterocycles. The number of benzene rings is 2. The predicted molar refractivity (Wildman–Crippen MR) is 129 cm³/mol. The Morgan fingerprint density at radius 2 is 1.90 bits per heavy atom. The molecule has 2 aromatic carbocycles. The predicted octanol–water partition coefficient (Wildman–Crippen LogP) is 6.70. The van der Waals surface area contributed by atoms with Gasteiger partial charge >= 0.3 is 0 Å². The summed E-state index contributed by atoms with van der Waals surface area (Å²) >= 11 is 18.2. The van der Waals surface area contributed by atoms with E-state index in [0.717, 1.165) is 40.4 Å². The van der Waals surface area contributed by atoms with Gasteiger partial charge in [0.15, 0.2) is 0 Å². The van der Waals surface area contributed by atoms with Gasteiger partial charge in [-0.3, -0.25) is 0 Å². The van der Waals surface area contributed by atoms with Gasteiger partial charge in [0.2, 0.25) is 0 Å². The number of piperidine rings is 1. The minimum absolute atomic E-state index is 0.595. The molecule has 1 fully saturated rings. The van der Waals surface area contributed by atoms with E-state index in [-0.39, 0.29) is 0 Å². The summed E-state index contributed by atoms with van der Waals surface area (Å²) in [6.07, 6.45) is 3.81. The van der Waals surface area contributed by atoms with Crippen LogP contribution in [0.5, 0.6) is 0 Å². The van der Waals surface area contributed by atoms with Gasteiger partial charge in [-0.15, -0.1) is 11.8 Å². The van der Waals surface area contributed by atoms with Crippen molar-refractivity contribution < 1.29 is 0 Å². The molecule has 3 heterocycles. The van der Waals surface area contributed by atoms with Crippen LogP contribution in [-0.4, -0.2) is 27.9 Å². The maximum atomic E-state index is 6.58. The largest absolute Gasteiger partial charge is 0.249 e. The van der Waals surface area contributed by atoms with Gasteiger partial charge < -0.3 is 0 Å². The lowest BCUT2D eigenvalue weighted by Gasteiger charge is -2.27. The SMILES string of the molecule is Clc1ccc(-n2nc(CNN3CCCCC3)c3c2-c2ccc(Br)cc2CS3)c(Cl)c1. The van der Waals surface area contributed by atoms with Crippen LogP contribution in [0.4, 0.5) is 0 Å². The number of hydrogen-bond donors (Lipinski definition) is 1. The molecule has 3 aromatic rings. The van der Waals surface area contributed by atoms with E-state index in [1.165, 1.54) is 35.3 Å². The maximum absolute atomic E-state index is 6.58. The summed E-state index contributed by atoms with van der Waals surface area (Å²) in [7, 11) is 0. The molecular formula is C22H21BrCl2N4S. The fourth-order valence-electron chi connectivity index (χ4n) is 4.08. The monoisotopic (exact) mass is 522 g/mol. The van der Waals surface area contributed by atoms with Gasteiger partial charge in [0, 0.05) is 33.9 Å². The minimum atomic E-state index is 0.595. The summed E-state index contributed by atoms with van der Waals surface area (Å²) < 4.78 is 3.08. The third kappa shape index (κ3) is 4.06. The second-order valence-corrected chi connectivity index (χ2v) is 10.3. The number of hydrazine groups is 1. The third-order valence-corrected chi connectivity index (χ3v) is 7.77. The summed E-state index contributed by atoms with van der Waals surface area (Å²) in [6.45, 7) is 2.89. The quantitative estimate of drug-likeness (QED) is 0.412. The van der Waals surface area contributed by atoms with Crippen LogP contribution in [0.25, 0.3) is 16.9 Å². The van der Waals surface area contributed by atoms with Crippen molar-refractivity contribution in [3.8, 4) is 16.9 Å². The number of nitrogens with one attached hydrogen (secondary N) is 1. The van der Waals surface area contributed by atoms with Crippen LogP contribution in [0.3, 0.4) is 0 Å². The fraction of sp³-hybridized carbons (Fsp3) is 0.318. The first kappa shape index (κ1) is 20.9. The van der Waals surface area contributed by atoms with Gasteiger partial charge in [-0.25, -0.2) is 15.1 Å². The lowest BCUT2D eigenvalue weighted by Crippen LogP contribution is -2.41. The highest BCUT2D eigenvalue weighted by Gasteiger charge is 2.27. The van der Waals surface area contributed by atoms with E-state index in [1.807, 2.05) is 28.6 Å². The average Bonchev–Trinajstić information content (AvgIpc) is 3.11. The highest BCUT2D eigenvalue weighted by atomic mass is 79.9. The number of nitrogens with zero attached hydrogens (tertiary/aromatic N) is 3. The van der Waals surface area contributed by atoms with Crippen molar-refractivity contribution in [1.82, 2.24) is 20.2 Å². The van der Waals surface area contributed by atoms with Gasteiger partial charge in [0.25, 0.3) is 0 Å². The van der Waals surface area contributed by atoms with Crippen molar-refractivity contribution in [1.29, 1.82) is 0 Å². The van der Waals surface area contributed by atoms with Crippen LogP contribution in [-0.2, 0) is 12.3 Å². The van der Waals surface area contributed by atoms with E-state index in [2.05, 4.69) is 44.6 Å². The molecule has 1 saturated heterocycles. The normalized spacial score (nSPS) is 16.4. The van der Waals surface area contributed by atoms with E-state index in [4.69, 9.17) is 28.3 Å². The topological polar surface area (TPSA) is 33.1 Å². The van der Waals surface area contributed by atoms with Crippen LogP contribution >= 0.6 is 50.9 Å². The Kier molecular flexibility index (Phi) is 6.15. The second-order valence-electron chi connectivity index (χ2n) is 7.60. The zero-order valence-electron chi connectivity index (χ0n) is 16.3. The van der Waals surface area contributed by atoms with Crippen molar-refractivity contribution >= 4 is 50.9 Å². The van der Waals surface area contributed by atoms with E-state index in [9.17, 15) is 0 Å². The van der Waals surface area contributed by atoms with Crippen LogP contribution in [0.15, 0.2) is 45.8 Å². The zero-order valence-corrected chi connectivity index (χ0v) is 20.2. The molecule has 0 atom stereocenters. The number of halogens is 3. The zero-order chi connectivity index (χ0) is 20.7. The molecule has 0 unspecified atom stereocenters. The molecule has 2 aliphatic heterocycles. The van der Waals surface area contributed by atoms with E-state index >= 15 is 0 Å². The Hall–Kier alpha value is -1.02. The lowest BCUT2D eigenvalue weighted by molar-refractivity contribution is 0.150. The van der Waals surface area contributed by atoms with Crippen LogP contribution in [0.1, 0.15) is 30.5 Å². The lowest BCUT2D eigenvalue weighted by atomic mass is 10.0. The van der Waals surface area contributed by atoms with Crippen LogP contribution < -0.4 is 5.43 Å². The van der Waals surface area contributed by atoms with Gasteiger partial charge in [0.1, 0.15) is 0 Å². The van der Waals surface area contributed by atoms with Crippen molar-refractivity contribution in [3.05, 3.63) is 62.2 Å². The van der Waals surface area contributed by atoms with Crippen LogP contribution in [0.2, 0.25) is 10.0 Å². The Balaban J connectivity index is 1.59. The molecule has 2 aliphatic rings. The minimum Gasteiger partial charge on any atom is -0.249 e. The second kappa shape index (κ2) is 8.85. The first-order chi connectivity index (χ1) is 14.6. The average molecular weight is 524 g/mol. The smallest absolute Gasteiger partial charge is 0.0923 e. The van der Waals surface area contributed by atoms with Gasteiger partial charge in [-0.2, -0.15) is 5.10 Å². The number of rotatable bonds is 4. The molecule has 4 nitrogen and oxygen atoms in total. The molecule has 0 aliphatic carbocycles. The van der Waals surface area contributed by atoms with Gasteiger partial charge in [-0.05, 0) is 48.7 Å². The Morgan fingerprint density at radius 3 is 2.70 bits per heavy atom. The Labute approximate surface area is 199 Å². The summed E-state index contributed by atoms with van der Waals surface area (Å²) in [4.78, 5) is 1.22. The van der Waals surface area contributed by atoms with E-state index in [0.29, 0.717) is 16.6 Å². The number of thioether (sulfide) groups is 1. The summed E-state index contributed by atoms with van der Waals surface area (Å²) in [5, 5.41) is 8.56. The molecule has 156 valence electrons. The van der Waals surface area contributed by atoms with Gasteiger partial charge in [0.05, 0.1) is 33.5 Å². The number of aromatic nitrogens is 2. The summed E-state index contributed by atoms with van der Waals surface area (Å²) in [5.41, 5.74) is 9.10.